The number of benzene rings is 1. The van der Waals surface area contributed by atoms with E-state index in [4.69, 9.17) is 0 Å². The van der Waals surface area contributed by atoms with Gasteiger partial charge in [0.15, 0.2) is 5.78 Å². The summed E-state index contributed by atoms with van der Waals surface area (Å²) in [7, 11) is 0. The van der Waals surface area contributed by atoms with Crippen LogP contribution in [0.15, 0.2) is 33.2 Å². The van der Waals surface area contributed by atoms with Crippen molar-refractivity contribution in [2.45, 2.75) is 13.8 Å². The van der Waals surface area contributed by atoms with Gasteiger partial charge in [0, 0.05) is 11.1 Å². The fraction of sp³-hybridized carbons (Fsp3) is 0.182. The lowest BCUT2D eigenvalue weighted by molar-refractivity contribution is 0.103. The Balaban J connectivity index is 3.02. The fourth-order valence-corrected chi connectivity index (χ4v) is 1.37. The van der Waals surface area contributed by atoms with E-state index in [0.29, 0.717) is 14.5 Å². The van der Waals surface area contributed by atoms with E-state index in [1.807, 2.05) is 31.2 Å². The predicted molar refractivity (Wildman–Crippen MR) is 66.1 cm³/mol. The van der Waals surface area contributed by atoms with Crippen LogP contribution in [0, 0.1) is 6.92 Å². The van der Waals surface area contributed by atoms with Crippen LogP contribution in [0.2, 0.25) is 0 Å². The minimum Gasteiger partial charge on any atom is -0.289 e. The van der Waals surface area contributed by atoms with E-state index in [1.165, 1.54) is 0 Å². The number of hydrogen-bond acceptors (Lipinski definition) is 1. The second kappa shape index (κ2) is 4.89. The summed E-state index contributed by atoms with van der Waals surface area (Å²) in [5, 5.41) is 0. The number of halogens is 2. The van der Waals surface area contributed by atoms with Crippen LogP contribution in [-0.4, -0.2) is 5.78 Å². The maximum Gasteiger partial charge on any atom is 0.190 e. The molecule has 0 saturated carbocycles. The molecular formula is C11H10Br2O. The molecule has 0 aliphatic carbocycles. The summed E-state index contributed by atoms with van der Waals surface area (Å²) in [6.07, 6.45) is 0. The van der Waals surface area contributed by atoms with Gasteiger partial charge in [-0.15, -0.1) is 0 Å². The van der Waals surface area contributed by atoms with E-state index < -0.39 is 0 Å². The van der Waals surface area contributed by atoms with E-state index in [2.05, 4.69) is 31.9 Å². The number of hydrogen-bond donors (Lipinski definition) is 0. The first-order chi connectivity index (χ1) is 6.52. The molecule has 0 spiro atoms. The van der Waals surface area contributed by atoms with Crippen molar-refractivity contribution >= 4 is 37.6 Å². The molecule has 0 saturated heterocycles. The van der Waals surface area contributed by atoms with E-state index in [1.54, 1.807) is 6.92 Å². The molecule has 0 aromatic heterocycles. The van der Waals surface area contributed by atoms with Gasteiger partial charge in [-0.2, -0.15) is 0 Å². The van der Waals surface area contributed by atoms with Crippen LogP contribution < -0.4 is 0 Å². The highest BCUT2D eigenvalue weighted by Crippen LogP contribution is 2.21. The number of rotatable bonds is 2. The van der Waals surface area contributed by atoms with Gasteiger partial charge in [0.2, 0.25) is 0 Å². The second-order valence-electron chi connectivity index (χ2n) is 3.08. The standard InChI is InChI=1S/C11H10Br2O/c1-7-3-5-9(6-4-7)10(14)8(2)11(12)13/h3-6H,1-2H3. The average molecular weight is 318 g/mol. The Labute approximate surface area is 100 Å². The SMILES string of the molecule is CC(C(=O)c1ccc(C)cc1)=C(Br)Br. The lowest BCUT2D eigenvalue weighted by atomic mass is 10.0. The fourth-order valence-electron chi connectivity index (χ4n) is 1.01. The van der Waals surface area contributed by atoms with E-state index in [0.717, 1.165) is 5.56 Å². The minimum absolute atomic E-state index is 0.0359. The largest absolute Gasteiger partial charge is 0.289 e. The summed E-state index contributed by atoms with van der Waals surface area (Å²) in [4.78, 5) is 11.8. The van der Waals surface area contributed by atoms with Crippen LogP contribution in [0.1, 0.15) is 22.8 Å². The van der Waals surface area contributed by atoms with Gasteiger partial charge in [0.25, 0.3) is 0 Å². The zero-order valence-electron chi connectivity index (χ0n) is 7.97. The summed E-state index contributed by atoms with van der Waals surface area (Å²) < 4.78 is 0.704. The van der Waals surface area contributed by atoms with Crippen molar-refractivity contribution in [2.24, 2.45) is 0 Å². The molecule has 0 aliphatic heterocycles. The van der Waals surface area contributed by atoms with Crippen molar-refractivity contribution in [3.8, 4) is 0 Å². The molecule has 3 heteroatoms. The molecule has 1 aromatic rings. The van der Waals surface area contributed by atoms with Gasteiger partial charge < -0.3 is 0 Å². The molecule has 1 rings (SSSR count). The van der Waals surface area contributed by atoms with Crippen LogP contribution in [0.5, 0.6) is 0 Å². The Morgan fingerprint density at radius 3 is 2.07 bits per heavy atom. The molecule has 1 aromatic carbocycles. The van der Waals surface area contributed by atoms with Crippen molar-refractivity contribution < 1.29 is 4.79 Å². The molecule has 0 heterocycles. The molecule has 0 N–H and O–H groups in total. The summed E-state index contributed by atoms with van der Waals surface area (Å²) in [6, 6.07) is 7.54. The summed E-state index contributed by atoms with van der Waals surface area (Å²) in [6.45, 7) is 3.78. The van der Waals surface area contributed by atoms with Crippen molar-refractivity contribution in [3.63, 3.8) is 0 Å². The maximum absolute atomic E-state index is 11.8. The first kappa shape index (κ1) is 11.7. The van der Waals surface area contributed by atoms with Crippen molar-refractivity contribution in [1.82, 2.24) is 0 Å². The quantitative estimate of drug-likeness (QED) is 0.590. The van der Waals surface area contributed by atoms with E-state index >= 15 is 0 Å². The first-order valence-corrected chi connectivity index (χ1v) is 5.74. The second-order valence-corrected chi connectivity index (χ2v) is 5.73. The highest BCUT2D eigenvalue weighted by Gasteiger charge is 2.09. The molecular weight excluding hydrogens is 308 g/mol. The smallest absolute Gasteiger partial charge is 0.190 e. The number of allylic oxidation sites excluding steroid dienone is 1. The third-order valence-electron chi connectivity index (χ3n) is 1.94. The monoisotopic (exact) mass is 316 g/mol. The van der Waals surface area contributed by atoms with Gasteiger partial charge in [-0.1, -0.05) is 29.8 Å². The first-order valence-electron chi connectivity index (χ1n) is 4.15. The van der Waals surface area contributed by atoms with Gasteiger partial charge in [0.1, 0.15) is 0 Å². The zero-order valence-corrected chi connectivity index (χ0v) is 11.1. The summed E-state index contributed by atoms with van der Waals surface area (Å²) in [5.74, 6) is 0.0359. The molecule has 0 atom stereocenters. The van der Waals surface area contributed by atoms with Crippen LogP contribution in [0.25, 0.3) is 0 Å². The van der Waals surface area contributed by atoms with E-state index in [9.17, 15) is 4.79 Å². The van der Waals surface area contributed by atoms with Crippen LogP contribution in [0.4, 0.5) is 0 Å². The number of carbonyl (C=O) groups excluding carboxylic acids is 1. The number of carbonyl (C=O) groups is 1. The molecule has 0 bridgehead atoms. The number of Topliss-reactive ketones (excluding diaryl/α,β-unsaturated/α-hetero) is 1. The summed E-state index contributed by atoms with van der Waals surface area (Å²) in [5.41, 5.74) is 2.54. The Hall–Kier alpha value is -0.410. The highest BCUT2D eigenvalue weighted by molar-refractivity contribution is 9.28. The number of ketones is 1. The Morgan fingerprint density at radius 2 is 1.64 bits per heavy atom. The molecule has 74 valence electrons. The Bertz CT molecular complexity index is 373. The van der Waals surface area contributed by atoms with Crippen LogP contribution >= 0.6 is 31.9 Å². The Kier molecular flexibility index (Phi) is 4.08. The van der Waals surface area contributed by atoms with Crippen molar-refractivity contribution in [2.75, 3.05) is 0 Å². The molecule has 0 aliphatic rings. The van der Waals surface area contributed by atoms with Gasteiger partial charge in [-0.3, -0.25) is 4.79 Å². The zero-order chi connectivity index (χ0) is 10.7. The number of aryl methyl sites for hydroxylation is 1. The normalized spacial score (nSPS) is 9.71. The van der Waals surface area contributed by atoms with Crippen LogP contribution in [-0.2, 0) is 0 Å². The summed E-state index contributed by atoms with van der Waals surface area (Å²) >= 11 is 6.46. The highest BCUT2D eigenvalue weighted by atomic mass is 79.9. The minimum atomic E-state index is 0.0359. The lowest BCUT2D eigenvalue weighted by Gasteiger charge is -2.01. The third-order valence-corrected chi connectivity index (χ3v) is 3.13. The van der Waals surface area contributed by atoms with Crippen LogP contribution in [0.3, 0.4) is 0 Å². The Morgan fingerprint density at radius 1 is 1.14 bits per heavy atom. The molecule has 14 heavy (non-hydrogen) atoms. The topological polar surface area (TPSA) is 17.1 Å². The van der Waals surface area contributed by atoms with Gasteiger partial charge in [-0.05, 0) is 45.7 Å². The van der Waals surface area contributed by atoms with Crippen molar-refractivity contribution in [3.05, 3.63) is 44.4 Å². The molecule has 0 amide bonds. The molecule has 0 unspecified atom stereocenters. The average Bonchev–Trinajstić information content (AvgIpc) is 2.16. The third kappa shape index (κ3) is 2.79. The van der Waals surface area contributed by atoms with Gasteiger partial charge in [0.05, 0.1) is 3.39 Å². The molecule has 1 nitrogen and oxygen atoms in total. The molecule has 0 radical (unpaired) electrons. The predicted octanol–water partition coefficient (Wildman–Crippen LogP) is 4.20. The van der Waals surface area contributed by atoms with E-state index in [-0.39, 0.29) is 5.78 Å². The lowest BCUT2D eigenvalue weighted by Crippen LogP contribution is -2.00. The van der Waals surface area contributed by atoms with Crippen molar-refractivity contribution in [1.29, 1.82) is 0 Å². The van der Waals surface area contributed by atoms with Gasteiger partial charge >= 0.3 is 0 Å². The van der Waals surface area contributed by atoms with Gasteiger partial charge in [-0.25, -0.2) is 0 Å². The molecule has 0 fully saturated rings. The maximum atomic E-state index is 11.8.